The van der Waals surface area contributed by atoms with Gasteiger partial charge in [0, 0.05) is 61.5 Å². The number of nitrogens with zero attached hydrogens (tertiary/aromatic N) is 2. The summed E-state index contributed by atoms with van der Waals surface area (Å²) in [5, 5.41) is 2.53. The third-order valence-corrected chi connectivity index (χ3v) is 22.5. The molecule has 2 aliphatic rings. The van der Waals surface area contributed by atoms with Crippen molar-refractivity contribution >= 4 is 97.9 Å². The molecule has 0 N–H and O–H groups in total. The second kappa shape index (κ2) is 29.3. The molecule has 10 rings (SSSR count). The van der Waals surface area contributed by atoms with Crippen molar-refractivity contribution in [2.45, 2.75) is 233 Å². The van der Waals surface area contributed by atoms with Crippen molar-refractivity contribution in [3.63, 3.8) is 0 Å². The SMILES string of the molecule is CCCCCCCCC(CCCCCCCC)N1/C(=C2\C(=O)c3ccc(-c4cc5sc(-c6ccc7cc(-c8cc9sc(C)cc9s8)ccc7c6)cc5s4)cc3N2C(CCCCCCCC)CCCCCCCC)C(=O)c2ccc(C)cc21. The maximum absolute atomic E-state index is 15.9. The fraction of sp³-hybridized carbons (Fsp3) is 0.486. The van der Waals surface area contributed by atoms with E-state index in [9.17, 15) is 0 Å². The highest BCUT2D eigenvalue weighted by molar-refractivity contribution is 7.31. The number of benzene rings is 4. The van der Waals surface area contributed by atoms with Gasteiger partial charge in [0.05, 0.1) is 11.4 Å². The fourth-order valence-corrected chi connectivity index (χ4v) is 17.9. The first-order valence-corrected chi connectivity index (χ1v) is 35.7. The summed E-state index contributed by atoms with van der Waals surface area (Å²) in [6, 6.07) is 36.7. The highest BCUT2D eigenvalue weighted by atomic mass is 32.1. The Balaban J connectivity index is 1.01. The molecule has 0 atom stereocenters. The summed E-state index contributed by atoms with van der Waals surface area (Å²) < 4.78 is 5.35. The maximum atomic E-state index is 15.9. The molecule has 2 aliphatic heterocycles. The number of ketones is 2. The van der Waals surface area contributed by atoms with Crippen molar-refractivity contribution in [3.8, 4) is 31.3 Å². The standard InChI is InChI=1S/C74H92N2O2S4/c1-7-11-15-19-23-27-31-58(32-28-24-20-16-12-8-2)75-62-43-51(5)35-41-60(62)73(77)71(75)72-74(78)61-42-40-57(47-63(61)76(72)59(33-29-25-21-17-13-9-3)34-30-26-22-18-14-10-4)66-50-70-69(82-66)49-65(81-70)56-39-37-53-45-55(38-36-54(53)46-56)64-48-68-67(80-64)44-52(6)79-68/h35-50,58-59H,7-34H2,1-6H3/b72-71+. The topological polar surface area (TPSA) is 40.6 Å². The van der Waals surface area contributed by atoms with Crippen LogP contribution in [0.25, 0.3) is 60.9 Å². The van der Waals surface area contributed by atoms with Gasteiger partial charge in [-0.2, -0.15) is 0 Å². The minimum atomic E-state index is 0.0260. The second-order valence-corrected chi connectivity index (χ2v) is 28.8. The highest BCUT2D eigenvalue weighted by Crippen LogP contribution is 2.50. The number of hydrogen-bond acceptors (Lipinski definition) is 8. The number of anilines is 2. The van der Waals surface area contributed by atoms with Crippen molar-refractivity contribution in [2.24, 2.45) is 0 Å². The quantitative estimate of drug-likeness (QED) is 0.0304. The van der Waals surface area contributed by atoms with Gasteiger partial charge < -0.3 is 9.80 Å². The molecule has 0 bridgehead atoms. The summed E-state index contributed by atoms with van der Waals surface area (Å²) in [4.78, 5) is 41.7. The number of Topliss-reactive ketones (excluding diaryl/α,β-unsaturated/α-hetero) is 2. The number of rotatable bonds is 33. The van der Waals surface area contributed by atoms with Crippen LogP contribution < -0.4 is 9.80 Å². The van der Waals surface area contributed by atoms with Crippen LogP contribution in [0.15, 0.2) is 108 Å². The summed E-state index contributed by atoms with van der Waals surface area (Å²) >= 11 is 7.51. The van der Waals surface area contributed by atoms with Gasteiger partial charge in [-0.3, -0.25) is 9.59 Å². The monoisotopic (exact) mass is 1170 g/mol. The van der Waals surface area contributed by atoms with E-state index in [1.807, 2.05) is 45.3 Å². The Morgan fingerprint density at radius 1 is 0.354 bits per heavy atom. The molecule has 434 valence electrons. The molecule has 0 spiro atoms. The van der Waals surface area contributed by atoms with Crippen molar-refractivity contribution in [2.75, 3.05) is 9.80 Å². The predicted molar refractivity (Wildman–Crippen MR) is 363 cm³/mol. The van der Waals surface area contributed by atoms with E-state index in [2.05, 4.69) is 148 Å². The summed E-state index contributed by atoms with van der Waals surface area (Å²) in [6.07, 6.45) is 33.6. The van der Waals surface area contributed by atoms with Crippen molar-refractivity contribution in [3.05, 3.63) is 130 Å². The Kier molecular flexibility index (Phi) is 21.5. The normalized spacial score (nSPS) is 14.4. The largest absolute Gasteiger partial charge is 0.333 e. The van der Waals surface area contributed by atoms with Gasteiger partial charge >= 0.3 is 0 Å². The Morgan fingerprint density at radius 2 is 0.695 bits per heavy atom. The molecule has 0 fully saturated rings. The van der Waals surface area contributed by atoms with Crippen LogP contribution in [-0.2, 0) is 0 Å². The minimum Gasteiger partial charge on any atom is -0.333 e. The number of allylic oxidation sites excluding steroid dienone is 2. The number of hydrogen-bond donors (Lipinski definition) is 0. The molecule has 0 saturated heterocycles. The van der Waals surface area contributed by atoms with E-state index in [1.54, 1.807) is 0 Å². The lowest BCUT2D eigenvalue weighted by molar-refractivity contribution is 0.100. The Hall–Kier alpha value is -4.86. The molecule has 0 radical (unpaired) electrons. The number of thiophene rings is 4. The van der Waals surface area contributed by atoms with E-state index in [-0.39, 0.29) is 23.7 Å². The number of carbonyl (C=O) groups excluding carboxylic acids is 2. The van der Waals surface area contributed by atoms with Crippen LogP contribution in [-0.4, -0.2) is 23.7 Å². The van der Waals surface area contributed by atoms with Gasteiger partial charge in [-0.05, 0) is 133 Å². The van der Waals surface area contributed by atoms with E-state index in [0.717, 1.165) is 85.0 Å². The smallest absolute Gasteiger partial charge is 0.213 e. The summed E-state index contributed by atoms with van der Waals surface area (Å²) in [5.74, 6) is 0.0573. The van der Waals surface area contributed by atoms with Gasteiger partial charge in [0.1, 0.15) is 11.4 Å². The highest BCUT2D eigenvalue weighted by Gasteiger charge is 2.46. The average molecular weight is 1170 g/mol. The third kappa shape index (κ3) is 14.1. The van der Waals surface area contributed by atoms with Gasteiger partial charge in [0.25, 0.3) is 0 Å². The van der Waals surface area contributed by atoms with Crippen molar-refractivity contribution in [1.29, 1.82) is 0 Å². The predicted octanol–water partition coefficient (Wildman–Crippen LogP) is 24.7. The zero-order valence-corrected chi connectivity index (χ0v) is 53.8. The average Bonchev–Trinajstić information content (AvgIpc) is 2.16. The molecule has 4 aromatic carbocycles. The van der Waals surface area contributed by atoms with E-state index < -0.39 is 0 Å². The Morgan fingerprint density at radius 3 is 1.11 bits per heavy atom. The number of unbranched alkanes of at least 4 members (excludes halogenated alkanes) is 20. The van der Waals surface area contributed by atoms with Crippen molar-refractivity contribution in [1.82, 2.24) is 0 Å². The van der Waals surface area contributed by atoms with Crippen molar-refractivity contribution < 1.29 is 9.59 Å². The second-order valence-electron chi connectivity index (χ2n) is 24.3. The molecule has 82 heavy (non-hydrogen) atoms. The van der Waals surface area contributed by atoms with Gasteiger partial charge in [-0.1, -0.05) is 218 Å². The molecule has 0 saturated carbocycles. The van der Waals surface area contributed by atoms with Crippen LogP contribution in [0.1, 0.15) is 239 Å². The molecule has 0 unspecified atom stereocenters. The molecule has 4 nitrogen and oxygen atoms in total. The number of fused-ring (bicyclic) bond motifs is 5. The third-order valence-electron chi connectivity index (χ3n) is 17.8. The fourth-order valence-electron chi connectivity index (χ4n) is 13.2. The first kappa shape index (κ1) is 60.3. The van der Waals surface area contributed by atoms with Gasteiger partial charge in [0.2, 0.25) is 11.6 Å². The summed E-state index contributed by atoms with van der Waals surface area (Å²) in [7, 11) is 0. The van der Waals surface area contributed by atoms with Crippen LogP contribution in [0.2, 0.25) is 0 Å². The van der Waals surface area contributed by atoms with Gasteiger partial charge in [-0.15, -0.1) is 45.3 Å². The molecular formula is C74H92N2O2S4. The lowest BCUT2D eigenvalue weighted by atomic mass is 9.97. The van der Waals surface area contributed by atoms with E-state index in [1.165, 1.54) is 189 Å². The molecule has 0 aliphatic carbocycles. The van der Waals surface area contributed by atoms with E-state index in [4.69, 9.17) is 0 Å². The van der Waals surface area contributed by atoms with Crippen LogP contribution in [0.5, 0.6) is 0 Å². The molecule has 8 heteroatoms. The number of carbonyl (C=O) groups is 2. The van der Waals surface area contributed by atoms with Gasteiger partial charge in [-0.25, -0.2) is 0 Å². The first-order chi connectivity index (χ1) is 40.2. The van der Waals surface area contributed by atoms with E-state index in [0.29, 0.717) is 11.4 Å². The zero-order chi connectivity index (χ0) is 57.0. The van der Waals surface area contributed by atoms with E-state index >= 15 is 9.59 Å². The molecule has 0 amide bonds. The lowest BCUT2D eigenvalue weighted by Crippen LogP contribution is -2.40. The van der Waals surface area contributed by atoms with Crippen LogP contribution in [0, 0.1) is 13.8 Å². The maximum Gasteiger partial charge on any atom is 0.213 e. The number of aryl methyl sites for hydroxylation is 2. The molecular weight excluding hydrogens is 1080 g/mol. The first-order valence-electron chi connectivity index (χ1n) is 32.4. The van der Waals surface area contributed by atoms with Crippen LogP contribution in [0.3, 0.4) is 0 Å². The zero-order valence-electron chi connectivity index (χ0n) is 50.5. The summed E-state index contributed by atoms with van der Waals surface area (Å²) in [6.45, 7) is 13.5. The summed E-state index contributed by atoms with van der Waals surface area (Å²) in [5.41, 5.74) is 9.67. The molecule has 8 aromatic rings. The minimum absolute atomic E-state index is 0.0260. The molecule has 6 heterocycles. The van der Waals surface area contributed by atoms with Crippen LogP contribution >= 0.6 is 45.3 Å². The van der Waals surface area contributed by atoms with Crippen LogP contribution in [0.4, 0.5) is 11.4 Å². The Labute approximate surface area is 508 Å². The molecule has 4 aromatic heterocycles. The van der Waals surface area contributed by atoms with Gasteiger partial charge in [0.15, 0.2) is 0 Å². The Bertz CT molecular complexity index is 3360. The lowest BCUT2D eigenvalue weighted by Gasteiger charge is -2.36.